The van der Waals surface area contributed by atoms with Gasteiger partial charge in [-0.15, -0.1) is 0 Å². The Bertz CT molecular complexity index is 1100. The lowest BCUT2D eigenvalue weighted by Crippen LogP contribution is -2.16. The fourth-order valence-corrected chi connectivity index (χ4v) is 2.73. The number of nitrogens with one attached hydrogen (secondary N) is 1. The average molecular weight is 423 g/mol. The van der Waals surface area contributed by atoms with E-state index in [1.807, 2.05) is 0 Å². The molecular formula is C20H14F5N3O2. The van der Waals surface area contributed by atoms with Crippen molar-refractivity contribution in [1.29, 1.82) is 0 Å². The van der Waals surface area contributed by atoms with Crippen LogP contribution in [0.1, 0.15) is 15.9 Å². The first-order valence-electron chi connectivity index (χ1n) is 8.43. The second kappa shape index (κ2) is 7.97. The van der Waals surface area contributed by atoms with E-state index in [-0.39, 0.29) is 17.2 Å². The molecule has 0 saturated heterocycles. The first kappa shape index (κ1) is 21.0. The number of pyridine rings is 1. The van der Waals surface area contributed by atoms with Crippen LogP contribution in [0, 0.1) is 11.6 Å². The monoisotopic (exact) mass is 423 g/mol. The number of halogens is 5. The summed E-state index contributed by atoms with van der Waals surface area (Å²) < 4.78 is 74.0. The summed E-state index contributed by atoms with van der Waals surface area (Å²) in [4.78, 5) is 15.1. The summed E-state index contributed by atoms with van der Waals surface area (Å²) >= 11 is 0. The number of ether oxygens (including phenoxy) is 1. The zero-order chi connectivity index (χ0) is 22.1. The number of carbonyl (C=O) groups is 1. The molecule has 0 bridgehead atoms. The van der Waals surface area contributed by atoms with Crippen LogP contribution in [0.4, 0.5) is 27.6 Å². The summed E-state index contributed by atoms with van der Waals surface area (Å²) in [5, 5.41) is 2.75. The Kier molecular flexibility index (Phi) is 5.59. The van der Waals surface area contributed by atoms with Gasteiger partial charge in [0.1, 0.15) is 5.82 Å². The third-order valence-electron chi connectivity index (χ3n) is 4.17. The first-order chi connectivity index (χ1) is 14.1. The van der Waals surface area contributed by atoms with Gasteiger partial charge in [-0.25, -0.2) is 13.8 Å². The summed E-state index contributed by atoms with van der Waals surface area (Å²) in [7, 11) is 1.61. The molecule has 5 nitrogen and oxygen atoms in total. The zero-order valence-electron chi connectivity index (χ0n) is 15.3. The maximum absolute atomic E-state index is 14.7. The summed E-state index contributed by atoms with van der Waals surface area (Å²) in [6.07, 6.45) is -3.96. The molecule has 1 heterocycles. The summed E-state index contributed by atoms with van der Waals surface area (Å²) in [5.41, 5.74) is 2.41. The van der Waals surface area contributed by atoms with Gasteiger partial charge in [0.05, 0.1) is 11.1 Å². The first-order valence-corrected chi connectivity index (χ1v) is 8.43. The molecule has 2 aromatic carbocycles. The van der Waals surface area contributed by atoms with Crippen molar-refractivity contribution >= 4 is 11.6 Å². The molecule has 1 aromatic heterocycles. The molecule has 3 rings (SSSR count). The van der Waals surface area contributed by atoms with Crippen molar-refractivity contribution in [3.63, 3.8) is 0 Å². The highest BCUT2D eigenvalue weighted by atomic mass is 19.4. The number of primary amides is 1. The van der Waals surface area contributed by atoms with Gasteiger partial charge in [0.25, 0.3) is 5.91 Å². The Morgan fingerprint density at radius 2 is 1.83 bits per heavy atom. The van der Waals surface area contributed by atoms with E-state index in [1.54, 1.807) is 13.1 Å². The molecule has 0 aliphatic carbocycles. The van der Waals surface area contributed by atoms with Gasteiger partial charge < -0.3 is 15.8 Å². The summed E-state index contributed by atoms with van der Waals surface area (Å²) in [6.45, 7) is 0. The van der Waals surface area contributed by atoms with Gasteiger partial charge in [0.2, 0.25) is 5.88 Å². The van der Waals surface area contributed by atoms with Gasteiger partial charge in [0.15, 0.2) is 11.6 Å². The summed E-state index contributed by atoms with van der Waals surface area (Å²) in [6, 6.07) is 7.58. The van der Waals surface area contributed by atoms with Crippen LogP contribution >= 0.6 is 0 Å². The molecule has 0 fully saturated rings. The topological polar surface area (TPSA) is 77.2 Å². The minimum Gasteiger partial charge on any atom is -0.436 e. The molecule has 0 unspecified atom stereocenters. The lowest BCUT2D eigenvalue weighted by Gasteiger charge is -2.15. The number of benzene rings is 2. The molecule has 0 atom stereocenters. The van der Waals surface area contributed by atoms with Crippen LogP contribution in [-0.2, 0) is 6.18 Å². The number of carbonyl (C=O) groups excluding carboxylic acids is 1. The van der Waals surface area contributed by atoms with Crippen LogP contribution in [0.25, 0.3) is 11.1 Å². The lowest BCUT2D eigenvalue weighted by molar-refractivity contribution is -0.137. The van der Waals surface area contributed by atoms with Crippen molar-refractivity contribution in [1.82, 2.24) is 4.98 Å². The number of alkyl halides is 3. The van der Waals surface area contributed by atoms with Crippen LogP contribution in [-0.4, -0.2) is 17.9 Å². The van der Waals surface area contributed by atoms with E-state index in [1.165, 1.54) is 12.1 Å². The Labute approximate surface area is 167 Å². The molecule has 0 aliphatic rings. The molecule has 0 saturated carbocycles. The highest BCUT2D eigenvalue weighted by Gasteiger charge is 2.36. The smallest absolute Gasteiger partial charge is 0.417 e. The number of nitrogens with zero attached hydrogens (tertiary/aromatic N) is 1. The second-order valence-corrected chi connectivity index (χ2v) is 6.09. The Morgan fingerprint density at radius 1 is 1.10 bits per heavy atom. The third-order valence-corrected chi connectivity index (χ3v) is 4.17. The Morgan fingerprint density at radius 3 is 2.37 bits per heavy atom. The van der Waals surface area contributed by atoms with Gasteiger partial charge in [-0.1, -0.05) is 0 Å². The average Bonchev–Trinajstić information content (AvgIpc) is 2.69. The summed E-state index contributed by atoms with van der Waals surface area (Å²) in [5.74, 6) is -3.60. The molecule has 10 heteroatoms. The maximum atomic E-state index is 14.7. The molecule has 0 aliphatic heterocycles. The van der Waals surface area contributed by atoms with Crippen molar-refractivity contribution in [2.24, 2.45) is 5.73 Å². The molecule has 30 heavy (non-hydrogen) atoms. The molecular weight excluding hydrogens is 409 g/mol. The number of rotatable bonds is 5. The number of anilines is 1. The number of hydrogen-bond acceptors (Lipinski definition) is 4. The van der Waals surface area contributed by atoms with Crippen LogP contribution in [0.2, 0.25) is 0 Å². The van der Waals surface area contributed by atoms with E-state index >= 15 is 0 Å². The van der Waals surface area contributed by atoms with E-state index in [9.17, 15) is 26.7 Å². The zero-order valence-corrected chi connectivity index (χ0v) is 15.3. The van der Waals surface area contributed by atoms with Gasteiger partial charge >= 0.3 is 6.18 Å². The Balaban J connectivity index is 2.00. The molecule has 3 aromatic rings. The lowest BCUT2D eigenvalue weighted by atomic mass is 9.96. The fraction of sp³-hybridized carbons (Fsp3) is 0.100. The molecule has 0 radical (unpaired) electrons. The van der Waals surface area contributed by atoms with Gasteiger partial charge in [-0.2, -0.15) is 13.2 Å². The van der Waals surface area contributed by atoms with Gasteiger partial charge in [0, 0.05) is 42.2 Å². The van der Waals surface area contributed by atoms with Crippen LogP contribution in [0.3, 0.4) is 0 Å². The van der Waals surface area contributed by atoms with Gasteiger partial charge in [-0.3, -0.25) is 4.79 Å². The highest BCUT2D eigenvalue weighted by Crippen LogP contribution is 2.39. The number of aromatic nitrogens is 1. The van der Waals surface area contributed by atoms with E-state index in [0.29, 0.717) is 17.8 Å². The van der Waals surface area contributed by atoms with Gasteiger partial charge in [-0.05, 0) is 30.3 Å². The number of hydrogen-bond donors (Lipinski definition) is 2. The van der Waals surface area contributed by atoms with Crippen molar-refractivity contribution in [2.75, 3.05) is 12.4 Å². The largest absolute Gasteiger partial charge is 0.436 e. The van der Waals surface area contributed by atoms with Crippen molar-refractivity contribution in [3.05, 3.63) is 71.4 Å². The quantitative estimate of drug-likeness (QED) is 0.568. The van der Waals surface area contributed by atoms with Crippen LogP contribution in [0.15, 0.2) is 48.7 Å². The normalized spacial score (nSPS) is 11.3. The standard InChI is InChI=1S/C20H14F5N3O2/c1-27-11-3-6-15(14(21)8-11)30-16-7-2-10(9-28-16)17-13(20(23,24)25)5-4-12(18(17)22)19(26)29/h2-9,27H,1H3,(H2,26,29). The molecule has 156 valence electrons. The van der Waals surface area contributed by atoms with Crippen LogP contribution in [0.5, 0.6) is 11.6 Å². The number of nitrogens with two attached hydrogens (primary N) is 1. The van der Waals surface area contributed by atoms with E-state index < -0.39 is 40.4 Å². The van der Waals surface area contributed by atoms with Crippen molar-refractivity contribution < 1.29 is 31.5 Å². The highest BCUT2D eigenvalue weighted by molar-refractivity contribution is 5.95. The predicted molar refractivity (Wildman–Crippen MR) is 99.2 cm³/mol. The van der Waals surface area contributed by atoms with Crippen molar-refractivity contribution in [2.45, 2.75) is 6.18 Å². The fourth-order valence-electron chi connectivity index (χ4n) is 2.73. The Hall–Kier alpha value is -3.69. The predicted octanol–water partition coefficient (Wildman–Crippen LogP) is 4.98. The molecule has 0 spiro atoms. The number of amides is 1. The maximum Gasteiger partial charge on any atom is 0.417 e. The van der Waals surface area contributed by atoms with E-state index in [2.05, 4.69) is 10.3 Å². The van der Waals surface area contributed by atoms with Crippen LogP contribution < -0.4 is 15.8 Å². The second-order valence-electron chi connectivity index (χ2n) is 6.09. The minimum absolute atomic E-state index is 0.130. The minimum atomic E-state index is -4.89. The third kappa shape index (κ3) is 4.17. The molecule has 3 N–H and O–H groups in total. The van der Waals surface area contributed by atoms with E-state index in [4.69, 9.17) is 10.5 Å². The van der Waals surface area contributed by atoms with Crippen molar-refractivity contribution in [3.8, 4) is 22.8 Å². The SMILES string of the molecule is CNc1ccc(Oc2ccc(-c3c(C(F)(F)F)ccc(C(N)=O)c3F)cn2)c(F)c1. The molecule has 1 amide bonds. The van der Waals surface area contributed by atoms with E-state index in [0.717, 1.165) is 18.3 Å².